The van der Waals surface area contributed by atoms with Gasteiger partial charge in [-0.1, -0.05) is 13.8 Å². The van der Waals surface area contributed by atoms with Crippen LogP contribution in [0.5, 0.6) is 0 Å². The second-order valence-electron chi connectivity index (χ2n) is 4.75. The van der Waals surface area contributed by atoms with Crippen molar-refractivity contribution < 1.29 is 0 Å². The standard InChI is InChI=1S/C12H19NS/c1-10(2)12(4-5-12)9-13-7-11-3-6-14-8-11/h3,6,8,10,13H,4-5,7,9H2,1-2H3. The van der Waals surface area contributed by atoms with Gasteiger partial charge in [0.15, 0.2) is 0 Å². The number of hydrogen-bond acceptors (Lipinski definition) is 2. The molecular formula is C12H19NS. The number of hydrogen-bond donors (Lipinski definition) is 1. The Balaban J connectivity index is 1.73. The fourth-order valence-electron chi connectivity index (χ4n) is 1.97. The van der Waals surface area contributed by atoms with Gasteiger partial charge in [-0.05, 0) is 46.6 Å². The molecule has 14 heavy (non-hydrogen) atoms. The maximum absolute atomic E-state index is 3.58. The highest BCUT2D eigenvalue weighted by Gasteiger charge is 2.44. The van der Waals surface area contributed by atoms with Gasteiger partial charge in [-0.15, -0.1) is 0 Å². The van der Waals surface area contributed by atoms with E-state index in [4.69, 9.17) is 0 Å². The van der Waals surface area contributed by atoms with Gasteiger partial charge < -0.3 is 5.32 Å². The quantitative estimate of drug-likeness (QED) is 0.785. The highest BCUT2D eigenvalue weighted by atomic mass is 32.1. The van der Waals surface area contributed by atoms with Crippen molar-refractivity contribution in [3.8, 4) is 0 Å². The van der Waals surface area contributed by atoms with Crippen molar-refractivity contribution in [3.63, 3.8) is 0 Å². The zero-order chi connectivity index (χ0) is 10.0. The number of thiophene rings is 1. The summed E-state index contributed by atoms with van der Waals surface area (Å²) in [5, 5.41) is 7.95. The molecule has 0 amide bonds. The molecule has 0 unspecified atom stereocenters. The Bertz CT molecular complexity index is 273. The Morgan fingerprint density at radius 2 is 2.29 bits per heavy atom. The van der Waals surface area contributed by atoms with Crippen LogP contribution in [-0.4, -0.2) is 6.54 Å². The van der Waals surface area contributed by atoms with Crippen LogP contribution in [0.3, 0.4) is 0 Å². The Labute approximate surface area is 90.5 Å². The summed E-state index contributed by atoms with van der Waals surface area (Å²) in [4.78, 5) is 0. The first-order valence-electron chi connectivity index (χ1n) is 5.45. The van der Waals surface area contributed by atoms with Gasteiger partial charge >= 0.3 is 0 Å². The first-order valence-corrected chi connectivity index (χ1v) is 6.39. The van der Waals surface area contributed by atoms with Crippen LogP contribution in [0.15, 0.2) is 16.8 Å². The molecule has 1 aromatic rings. The molecule has 1 heterocycles. The van der Waals surface area contributed by atoms with E-state index < -0.39 is 0 Å². The SMILES string of the molecule is CC(C)C1(CNCc2ccsc2)CC1. The molecule has 1 aliphatic carbocycles. The van der Waals surface area contributed by atoms with E-state index in [1.807, 2.05) is 0 Å². The Hall–Kier alpha value is -0.340. The van der Waals surface area contributed by atoms with Gasteiger partial charge in [0.1, 0.15) is 0 Å². The van der Waals surface area contributed by atoms with Gasteiger partial charge in [0.2, 0.25) is 0 Å². The normalized spacial score (nSPS) is 18.8. The third-order valence-electron chi connectivity index (χ3n) is 3.50. The fourth-order valence-corrected chi connectivity index (χ4v) is 2.64. The van der Waals surface area contributed by atoms with Crippen molar-refractivity contribution in [2.24, 2.45) is 11.3 Å². The Morgan fingerprint density at radius 1 is 1.50 bits per heavy atom. The topological polar surface area (TPSA) is 12.0 Å². The van der Waals surface area contributed by atoms with Crippen LogP contribution in [0.1, 0.15) is 32.3 Å². The van der Waals surface area contributed by atoms with E-state index >= 15 is 0 Å². The lowest BCUT2D eigenvalue weighted by Gasteiger charge is -2.19. The zero-order valence-electron chi connectivity index (χ0n) is 9.05. The maximum atomic E-state index is 3.58. The molecule has 78 valence electrons. The summed E-state index contributed by atoms with van der Waals surface area (Å²) < 4.78 is 0. The third-order valence-corrected chi connectivity index (χ3v) is 4.24. The molecule has 1 saturated carbocycles. The summed E-state index contributed by atoms with van der Waals surface area (Å²) >= 11 is 1.78. The molecule has 2 rings (SSSR count). The van der Waals surface area contributed by atoms with Crippen LogP contribution in [0.25, 0.3) is 0 Å². The third kappa shape index (κ3) is 2.18. The van der Waals surface area contributed by atoms with Crippen molar-refractivity contribution in [2.75, 3.05) is 6.54 Å². The molecule has 1 N–H and O–H groups in total. The van der Waals surface area contributed by atoms with Crippen molar-refractivity contribution >= 4 is 11.3 Å². The predicted molar refractivity (Wildman–Crippen MR) is 62.5 cm³/mol. The number of rotatable bonds is 5. The summed E-state index contributed by atoms with van der Waals surface area (Å²) in [6.45, 7) is 6.93. The maximum Gasteiger partial charge on any atom is 0.0213 e. The summed E-state index contributed by atoms with van der Waals surface area (Å²) in [5.41, 5.74) is 2.06. The van der Waals surface area contributed by atoms with Crippen molar-refractivity contribution in [3.05, 3.63) is 22.4 Å². The lowest BCUT2D eigenvalue weighted by atomic mass is 9.92. The van der Waals surface area contributed by atoms with E-state index in [0.29, 0.717) is 5.41 Å². The van der Waals surface area contributed by atoms with Crippen LogP contribution in [0.2, 0.25) is 0 Å². The van der Waals surface area contributed by atoms with E-state index in [9.17, 15) is 0 Å². The molecule has 1 nitrogen and oxygen atoms in total. The molecule has 0 aromatic carbocycles. The van der Waals surface area contributed by atoms with Gasteiger partial charge in [0, 0.05) is 13.1 Å². The minimum atomic E-state index is 0.635. The first kappa shape index (κ1) is 10.2. The van der Waals surface area contributed by atoms with E-state index in [0.717, 1.165) is 12.5 Å². The van der Waals surface area contributed by atoms with Gasteiger partial charge in [0.25, 0.3) is 0 Å². The Kier molecular flexibility index (Phi) is 2.93. The molecule has 0 bridgehead atoms. The molecule has 2 heteroatoms. The van der Waals surface area contributed by atoms with Crippen LogP contribution >= 0.6 is 11.3 Å². The monoisotopic (exact) mass is 209 g/mol. The summed E-state index contributed by atoms with van der Waals surface area (Å²) in [7, 11) is 0. The van der Waals surface area contributed by atoms with Crippen molar-refractivity contribution in [1.29, 1.82) is 0 Å². The molecule has 0 spiro atoms. The molecule has 1 aliphatic rings. The van der Waals surface area contributed by atoms with Crippen molar-refractivity contribution in [1.82, 2.24) is 5.32 Å². The largest absolute Gasteiger partial charge is 0.312 e. The molecular weight excluding hydrogens is 190 g/mol. The van der Waals surface area contributed by atoms with Gasteiger partial charge in [-0.2, -0.15) is 11.3 Å². The van der Waals surface area contributed by atoms with Crippen molar-refractivity contribution in [2.45, 2.75) is 33.2 Å². The average molecular weight is 209 g/mol. The Morgan fingerprint density at radius 3 is 2.79 bits per heavy atom. The lowest BCUT2D eigenvalue weighted by Crippen LogP contribution is -2.27. The van der Waals surface area contributed by atoms with E-state index in [-0.39, 0.29) is 0 Å². The predicted octanol–water partition coefficient (Wildman–Crippen LogP) is 3.27. The van der Waals surface area contributed by atoms with Crippen LogP contribution in [0.4, 0.5) is 0 Å². The molecule has 1 aromatic heterocycles. The number of nitrogens with one attached hydrogen (secondary N) is 1. The molecule has 0 aliphatic heterocycles. The highest BCUT2D eigenvalue weighted by Crippen LogP contribution is 2.51. The van der Waals surface area contributed by atoms with Crippen LogP contribution < -0.4 is 5.32 Å². The highest BCUT2D eigenvalue weighted by molar-refractivity contribution is 7.07. The van der Waals surface area contributed by atoms with Crippen LogP contribution in [-0.2, 0) is 6.54 Å². The second-order valence-corrected chi connectivity index (χ2v) is 5.53. The zero-order valence-corrected chi connectivity index (χ0v) is 9.86. The fraction of sp³-hybridized carbons (Fsp3) is 0.667. The minimum absolute atomic E-state index is 0.635. The van der Waals surface area contributed by atoms with Gasteiger partial charge in [-0.25, -0.2) is 0 Å². The molecule has 0 atom stereocenters. The smallest absolute Gasteiger partial charge is 0.0213 e. The second kappa shape index (κ2) is 4.03. The summed E-state index contributed by atoms with van der Waals surface area (Å²) in [6, 6.07) is 2.20. The van der Waals surface area contributed by atoms with Gasteiger partial charge in [0.05, 0.1) is 0 Å². The summed E-state index contributed by atoms with van der Waals surface area (Å²) in [5.74, 6) is 0.831. The van der Waals surface area contributed by atoms with E-state index in [2.05, 4.69) is 36.0 Å². The molecule has 0 saturated heterocycles. The first-order chi connectivity index (χ1) is 6.73. The van der Waals surface area contributed by atoms with Gasteiger partial charge in [-0.3, -0.25) is 0 Å². The van der Waals surface area contributed by atoms with Crippen LogP contribution in [0, 0.1) is 11.3 Å². The molecule has 0 radical (unpaired) electrons. The van der Waals surface area contributed by atoms with E-state index in [1.165, 1.54) is 24.9 Å². The minimum Gasteiger partial charge on any atom is -0.312 e. The average Bonchev–Trinajstić information content (AvgIpc) is 2.76. The summed E-state index contributed by atoms with van der Waals surface area (Å²) in [6.07, 6.45) is 2.84. The van der Waals surface area contributed by atoms with E-state index in [1.54, 1.807) is 11.3 Å². The lowest BCUT2D eigenvalue weighted by molar-refractivity contribution is 0.338. The molecule has 1 fully saturated rings.